The highest BCUT2D eigenvalue weighted by Gasteiger charge is 2.15. The molecule has 0 saturated carbocycles. The van der Waals surface area contributed by atoms with E-state index >= 15 is 0 Å². The van der Waals surface area contributed by atoms with Gasteiger partial charge in [-0.3, -0.25) is 9.79 Å². The van der Waals surface area contributed by atoms with E-state index in [9.17, 15) is 4.79 Å². The zero-order valence-electron chi connectivity index (χ0n) is 19.5. The maximum atomic E-state index is 12.4. The van der Waals surface area contributed by atoms with Gasteiger partial charge in [0.25, 0.3) is 5.56 Å². The van der Waals surface area contributed by atoms with Gasteiger partial charge in [-0.2, -0.15) is 5.10 Å². The van der Waals surface area contributed by atoms with E-state index in [0.717, 1.165) is 56.1 Å². The number of hydrogen-bond donors (Lipinski definition) is 1. The Balaban J connectivity index is 1.39. The number of benzene rings is 1. The molecule has 0 spiro atoms. The first kappa shape index (κ1) is 23.3. The topological polar surface area (TPSA) is 87.4 Å². The molecule has 2 aliphatic rings. The van der Waals surface area contributed by atoms with Gasteiger partial charge in [-0.15, -0.1) is 0 Å². The summed E-state index contributed by atoms with van der Waals surface area (Å²) in [4.78, 5) is 25.9. The number of rotatable bonds is 9. The van der Waals surface area contributed by atoms with E-state index in [1.807, 2.05) is 36.5 Å². The van der Waals surface area contributed by atoms with Gasteiger partial charge in [-0.25, -0.2) is 9.67 Å². The van der Waals surface area contributed by atoms with Crippen molar-refractivity contribution in [3.63, 3.8) is 0 Å². The van der Waals surface area contributed by atoms with E-state index in [2.05, 4.69) is 44.3 Å². The Morgan fingerprint density at radius 1 is 1.18 bits per heavy atom. The van der Waals surface area contributed by atoms with Crippen LogP contribution in [0.15, 0.2) is 51.2 Å². The van der Waals surface area contributed by atoms with Gasteiger partial charge in [0.15, 0.2) is 5.84 Å². The highest BCUT2D eigenvalue weighted by molar-refractivity contribution is 6.04. The van der Waals surface area contributed by atoms with Crippen LogP contribution in [0.25, 0.3) is 0 Å². The van der Waals surface area contributed by atoms with Crippen LogP contribution in [0, 0.1) is 0 Å². The molecule has 1 unspecified atom stereocenters. The van der Waals surface area contributed by atoms with E-state index in [0.29, 0.717) is 25.5 Å². The second-order valence-corrected chi connectivity index (χ2v) is 8.63. The van der Waals surface area contributed by atoms with Crippen molar-refractivity contribution in [1.29, 1.82) is 0 Å². The van der Waals surface area contributed by atoms with Crippen molar-refractivity contribution in [2.24, 2.45) is 9.98 Å². The van der Waals surface area contributed by atoms with Gasteiger partial charge in [0.2, 0.25) is 0 Å². The molecule has 0 amide bonds. The molecule has 2 aromatic rings. The van der Waals surface area contributed by atoms with E-state index < -0.39 is 0 Å². The Kier molecular flexibility index (Phi) is 7.98. The molecular weight excluding hydrogens is 418 g/mol. The van der Waals surface area contributed by atoms with Crippen LogP contribution in [-0.2, 0) is 11.3 Å². The quantitative estimate of drug-likeness (QED) is 0.570. The smallest absolute Gasteiger partial charge is 0.267 e. The van der Waals surface area contributed by atoms with Crippen molar-refractivity contribution < 1.29 is 4.74 Å². The van der Waals surface area contributed by atoms with E-state index in [1.165, 1.54) is 4.68 Å². The summed E-state index contributed by atoms with van der Waals surface area (Å²) in [6.45, 7) is 6.30. The third-order valence-electron chi connectivity index (χ3n) is 5.68. The standard InChI is InChI=1S/C24H33N7O2/c1-29(2)11-4-14-33-21-16-26-24(27-17-21)20-6-3-5-19(15-20)18-31-23(32)8-7-22(28-31)30-12-9-25-10-13-30/h3,5-8,15-16,21,25H,4,9-14,17-18H2,1-2H3. The lowest BCUT2D eigenvalue weighted by Crippen LogP contribution is -2.44. The van der Waals surface area contributed by atoms with E-state index in [4.69, 9.17) is 4.74 Å². The summed E-state index contributed by atoms with van der Waals surface area (Å²) in [5, 5.41) is 7.95. The number of nitrogens with zero attached hydrogens (tertiary/aromatic N) is 6. The molecule has 3 heterocycles. The van der Waals surface area contributed by atoms with Gasteiger partial charge in [-0.1, -0.05) is 18.2 Å². The molecule has 2 aliphatic heterocycles. The number of amidine groups is 1. The molecule has 1 atom stereocenters. The molecule has 9 nitrogen and oxygen atoms in total. The molecule has 1 fully saturated rings. The molecule has 1 N–H and O–H groups in total. The largest absolute Gasteiger partial charge is 0.371 e. The lowest BCUT2D eigenvalue weighted by atomic mass is 10.1. The fraction of sp³-hybridized carbons (Fsp3) is 0.500. The zero-order chi connectivity index (χ0) is 23.0. The maximum Gasteiger partial charge on any atom is 0.267 e. The van der Waals surface area contributed by atoms with Gasteiger partial charge < -0.3 is 19.9 Å². The second kappa shape index (κ2) is 11.3. The first-order valence-electron chi connectivity index (χ1n) is 11.6. The summed E-state index contributed by atoms with van der Waals surface area (Å²) in [5.74, 6) is 1.53. The number of anilines is 1. The van der Waals surface area contributed by atoms with Crippen molar-refractivity contribution in [1.82, 2.24) is 20.0 Å². The van der Waals surface area contributed by atoms with E-state index in [1.54, 1.807) is 6.07 Å². The molecule has 33 heavy (non-hydrogen) atoms. The average molecular weight is 452 g/mol. The van der Waals surface area contributed by atoms with Crippen LogP contribution < -0.4 is 15.8 Å². The van der Waals surface area contributed by atoms with Crippen molar-refractivity contribution >= 4 is 17.9 Å². The molecule has 1 saturated heterocycles. The zero-order valence-corrected chi connectivity index (χ0v) is 19.5. The van der Waals surface area contributed by atoms with Gasteiger partial charge >= 0.3 is 0 Å². The van der Waals surface area contributed by atoms with Crippen molar-refractivity contribution in [2.45, 2.75) is 19.1 Å². The summed E-state index contributed by atoms with van der Waals surface area (Å²) in [6.07, 6.45) is 2.75. The Labute approximate surface area is 194 Å². The third-order valence-corrected chi connectivity index (χ3v) is 5.68. The monoisotopic (exact) mass is 451 g/mol. The van der Waals surface area contributed by atoms with Crippen LogP contribution in [0.1, 0.15) is 17.5 Å². The van der Waals surface area contributed by atoms with Crippen molar-refractivity contribution in [3.05, 3.63) is 57.9 Å². The summed E-state index contributed by atoms with van der Waals surface area (Å²) < 4.78 is 7.39. The normalized spacial score (nSPS) is 18.6. The maximum absolute atomic E-state index is 12.4. The van der Waals surface area contributed by atoms with Crippen LogP contribution in [0.5, 0.6) is 0 Å². The fourth-order valence-corrected chi connectivity index (χ4v) is 3.89. The number of nitrogens with one attached hydrogen (secondary N) is 1. The molecular formula is C24H33N7O2. The molecule has 0 bridgehead atoms. The molecule has 9 heteroatoms. The van der Waals surface area contributed by atoms with Crippen LogP contribution in [0.2, 0.25) is 0 Å². The van der Waals surface area contributed by atoms with Crippen LogP contribution >= 0.6 is 0 Å². The van der Waals surface area contributed by atoms with Gasteiger partial charge in [-0.05, 0) is 44.8 Å². The van der Waals surface area contributed by atoms with Crippen LogP contribution in [0.4, 0.5) is 5.82 Å². The minimum atomic E-state index is -0.110. The molecule has 0 aliphatic carbocycles. The predicted octanol–water partition coefficient (Wildman–Crippen LogP) is 0.869. The average Bonchev–Trinajstić information content (AvgIpc) is 2.84. The first-order valence-corrected chi connectivity index (χ1v) is 11.6. The van der Waals surface area contributed by atoms with E-state index in [-0.39, 0.29) is 11.7 Å². The lowest BCUT2D eigenvalue weighted by Gasteiger charge is -2.28. The summed E-state index contributed by atoms with van der Waals surface area (Å²) in [7, 11) is 4.12. The first-order chi connectivity index (χ1) is 16.1. The number of hydrogen-bond acceptors (Lipinski definition) is 8. The van der Waals surface area contributed by atoms with Crippen molar-refractivity contribution in [3.8, 4) is 0 Å². The summed E-state index contributed by atoms with van der Waals surface area (Å²) in [6, 6.07) is 11.4. The number of aliphatic imine (C=N–C) groups is 2. The highest BCUT2D eigenvalue weighted by atomic mass is 16.5. The predicted molar refractivity (Wildman–Crippen MR) is 132 cm³/mol. The van der Waals surface area contributed by atoms with Gasteiger partial charge in [0.05, 0.1) is 13.1 Å². The number of piperazine rings is 1. The molecule has 1 aromatic heterocycles. The van der Waals surface area contributed by atoms with Crippen LogP contribution in [0.3, 0.4) is 0 Å². The Morgan fingerprint density at radius 3 is 2.79 bits per heavy atom. The molecule has 176 valence electrons. The second-order valence-electron chi connectivity index (χ2n) is 8.63. The molecule has 4 rings (SSSR count). The van der Waals surface area contributed by atoms with Gasteiger partial charge in [0.1, 0.15) is 11.9 Å². The summed E-state index contributed by atoms with van der Waals surface area (Å²) in [5.41, 5.74) is 1.81. The minimum Gasteiger partial charge on any atom is -0.371 e. The Bertz CT molecular complexity index is 1040. The minimum absolute atomic E-state index is 0.0744. The third kappa shape index (κ3) is 6.56. The number of ether oxygens (including phenoxy) is 1. The highest BCUT2D eigenvalue weighted by Crippen LogP contribution is 2.13. The molecule has 1 aromatic carbocycles. The van der Waals surface area contributed by atoms with Crippen molar-refractivity contribution in [2.75, 3.05) is 64.9 Å². The summed E-state index contributed by atoms with van der Waals surface area (Å²) >= 11 is 0. The van der Waals surface area contributed by atoms with Crippen LogP contribution in [-0.4, -0.2) is 92.8 Å². The lowest BCUT2D eigenvalue weighted by molar-refractivity contribution is 0.0989. The Hall–Kier alpha value is -2.88. The fourth-order valence-electron chi connectivity index (χ4n) is 3.89. The molecule has 0 radical (unpaired) electrons. The number of aromatic nitrogens is 2. The Morgan fingerprint density at radius 2 is 2.03 bits per heavy atom. The van der Waals surface area contributed by atoms with Gasteiger partial charge in [0, 0.05) is 50.6 Å². The SMILES string of the molecule is CN(C)CCCOC1C=NC(c2cccc(Cn3nc(N4CCNCC4)ccc3=O)c2)=NC1.